The highest BCUT2D eigenvalue weighted by Crippen LogP contribution is 2.37. The van der Waals surface area contributed by atoms with Crippen LogP contribution in [0.2, 0.25) is 0 Å². The maximum Gasteiger partial charge on any atom is 0.410 e. The van der Waals surface area contributed by atoms with Crippen LogP contribution in [0.15, 0.2) is 24.5 Å². The molecule has 9 nitrogen and oxygen atoms in total. The van der Waals surface area contributed by atoms with Gasteiger partial charge in [0.05, 0.1) is 38.1 Å². The Hall–Kier alpha value is -3.28. The second kappa shape index (κ2) is 11.0. The first-order chi connectivity index (χ1) is 16.9. The molecule has 1 aromatic heterocycles. The van der Waals surface area contributed by atoms with Gasteiger partial charge in [-0.1, -0.05) is 6.07 Å². The number of carbonyl (C=O) groups excluding carboxylic acids is 1. The Morgan fingerprint density at radius 3 is 2.57 bits per heavy atom. The number of hydrogen-bond donors (Lipinski definition) is 1. The summed E-state index contributed by atoms with van der Waals surface area (Å²) in [6.07, 6.45) is -0.519. The number of alkyl halides is 2. The number of ether oxygens (including phenoxy) is 4. The van der Waals surface area contributed by atoms with Crippen LogP contribution in [0, 0.1) is 12.7 Å². The third kappa shape index (κ3) is 5.53. The third-order valence-corrected chi connectivity index (χ3v) is 5.93. The average molecular weight is 496 g/mol. The second-order valence-electron chi connectivity index (χ2n) is 8.45. The first kappa shape index (κ1) is 24.8. The molecule has 190 valence electrons. The zero-order chi connectivity index (χ0) is 24.9. The Balaban J connectivity index is 1.48. The highest BCUT2D eigenvalue weighted by molar-refractivity contribution is 5.69. The molecule has 2 aliphatic heterocycles. The number of aryl methyl sites for hydroxylation is 1. The van der Waals surface area contributed by atoms with Gasteiger partial charge in [-0.3, -0.25) is 4.90 Å². The van der Waals surface area contributed by atoms with Gasteiger partial charge in [0.2, 0.25) is 5.75 Å². The topological polar surface area (TPSA) is 95.0 Å². The minimum absolute atomic E-state index is 0.160. The van der Waals surface area contributed by atoms with Crippen LogP contribution in [0.4, 0.5) is 29.5 Å². The standard InChI is InChI=1S/C23H27F3N4O5/c1-13-3-4-19(18(26)5-13)29-21-20(32-2)22(28-12-27-21)34-16-6-14-10-33-11-15(7-16)30(14)23(31)35-17(8-24)9-25/h3-5,12,14-17H,6-11H2,1-2H3,(H,27,28,29). The predicted molar refractivity (Wildman–Crippen MR) is 119 cm³/mol. The lowest BCUT2D eigenvalue weighted by Crippen LogP contribution is -2.61. The number of benzene rings is 1. The summed E-state index contributed by atoms with van der Waals surface area (Å²) in [4.78, 5) is 22.4. The van der Waals surface area contributed by atoms with Gasteiger partial charge in [0.15, 0.2) is 11.9 Å². The Morgan fingerprint density at radius 2 is 1.94 bits per heavy atom. The van der Waals surface area contributed by atoms with Gasteiger partial charge in [-0.05, 0) is 24.6 Å². The van der Waals surface area contributed by atoms with Crippen LogP contribution < -0.4 is 14.8 Å². The van der Waals surface area contributed by atoms with E-state index in [0.717, 1.165) is 5.56 Å². The smallest absolute Gasteiger partial charge is 0.410 e. The van der Waals surface area contributed by atoms with Crippen LogP contribution >= 0.6 is 0 Å². The van der Waals surface area contributed by atoms with Crippen molar-refractivity contribution in [2.24, 2.45) is 0 Å². The zero-order valence-corrected chi connectivity index (χ0v) is 19.4. The second-order valence-corrected chi connectivity index (χ2v) is 8.45. The molecule has 2 fully saturated rings. The number of nitrogens with one attached hydrogen (secondary N) is 1. The lowest BCUT2D eigenvalue weighted by Gasteiger charge is -2.47. The highest BCUT2D eigenvalue weighted by Gasteiger charge is 2.44. The maximum atomic E-state index is 14.3. The fourth-order valence-corrected chi connectivity index (χ4v) is 4.29. The molecule has 1 aromatic carbocycles. The number of rotatable bonds is 8. The van der Waals surface area contributed by atoms with Gasteiger partial charge >= 0.3 is 6.09 Å². The van der Waals surface area contributed by atoms with Crippen LogP contribution in [0.1, 0.15) is 18.4 Å². The van der Waals surface area contributed by atoms with E-state index in [1.54, 1.807) is 19.1 Å². The summed E-state index contributed by atoms with van der Waals surface area (Å²) in [6.45, 7) is 0.0769. The molecular weight excluding hydrogens is 469 g/mol. The molecule has 2 unspecified atom stereocenters. The molecule has 1 N–H and O–H groups in total. The molecule has 35 heavy (non-hydrogen) atoms. The van der Waals surface area contributed by atoms with E-state index in [1.807, 2.05) is 0 Å². The Kier molecular flexibility index (Phi) is 7.79. The lowest BCUT2D eigenvalue weighted by molar-refractivity contribution is -0.0966. The normalized spacial score (nSPS) is 21.5. The number of fused-ring (bicyclic) bond motifs is 2. The largest absolute Gasteiger partial charge is 0.489 e. The van der Waals surface area contributed by atoms with Crippen molar-refractivity contribution in [2.45, 2.75) is 44.1 Å². The molecule has 2 bridgehead atoms. The van der Waals surface area contributed by atoms with E-state index in [1.165, 1.54) is 24.4 Å². The van der Waals surface area contributed by atoms with Crippen LogP contribution in [-0.2, 0) is 9.47 Å². The Labute approximate surface area is 200 Å². The summed E-state index contributed by atoms with van der Waals surface area (Å²) in [5.41, 5.74) is 0.998. The van der Waals surface area contributed by atoms with Gasteiger partial charge < -0.3 is 24.3 Å². The van der Waals surface area contributed by atoms with Crippen molar-refractivity contribution >= 4 is 17.6 Å². The van der Waals surface area contributed by atoms with Crippen LogP contribution in [0.3, 0.4) is 0 Å². The van der Waals surface area contributed by atoms with Crippen molar-refractivity contribution in [3.8, 4) is 11.6 Å². The summed E-state index contributed by atoms with van der Waals surface area (Å²) in [5, 5.41) is 2.91. The highest BCUT2D eigenvalue weighted by atomic mass is 19.1. The number of halogens is 3. The average Bonchev–Trinajstić information content (AvgIpc) is 2.83. The SMILES string of the molecule is COc1c(Nc2ccc(C)cc2F)ncnc1OC1CC2COCC(C1)N2C(=O)OC(CF)CF. The molecule has 0 saturated carbocycles. The fourth-order valence-electron chi connectivity index (χ4n) is 4.29. The predicted octanol–water partition coefficient (Wildman–Crippen LogP) is 3.73. The fraction of sp³-hybridized carbons (Fsp3) is 0.522. The van der Waals surface area contributed by atoms with E-state index >= 15 is 0 Å². The first-order valence-electron chi connectivity index (χ1n) is 11.2. The van der Waals surface area contributed by atoms with E-state index in [0.29, 0.717) is 12.8 Å². The number of piperidine rings is 1. The van der Waals surface area contributed by atoms with Gasteiger partial charge in [-0.2, -0.15) is 4.98 Å². The summed E-state index contributed by atoms with van der Waals surface area (Å²) in [5.74, 6) is 0.146. The lowest BCUT2D eigenvalue weighted by atomic mass is 9.92. The number of methoxy groups -OCH3 is 1. The van der Waals surface area contributed by atoms with Crippen molar-refractivity contribution in [3.05, 3.63) is 35.9 Å². The van der Waals surface area contributed by atoms with Crippen molar-refractivity contribution in [3.63, 3.8) is 0 Å². The molecule has 2 saturated heterocycles. The number of carbonyl (C=O) groups is 1. The molecule has 2 aliphatic rings. The molecule has 2 aromatic rings. The van der Waals surface area contributed by atoms with Crippen molar-refractivity contribution in [1.82, 2.24) is 14.9 Å². The zero-order valence-electron chi connectivity index (χ0n) is 19.4. The van der Waals surface area contributed by atoms with E-state index in [-0.39, 0.29) is 42.5 Å². The summed E-state index contributed by atoms with van der Waals surface area (Å²) in [7, 11) is 1.43. The van der Waals surface area contributed by atoms with Gasteiger partial charge in [0.25, 0.3) is 5.88 Å². The summed E-state index contributed by atoms with van der Waals surface area (Å²) in [6, 6.07) is 3.97. The molecule has 4 rings (SSSR count). The molecule has 1 amide bonds. The molecule has 12 heteroatoms. The summed E-state index contributed by atoms with van der Waals surface area (Å²) < 4.78 is 62.1. The monoisotopic (exact) mass is 496 g/mol. The quantitative estimate of drug-likeness (QED) is 0.591. The van der Waals surface area contributed by atoms with E-state index < -0.39 is 43.4 Å². The van der Waals surface area contributed by atoms with Crippen molar-refractivity contribution in [1.29, 1.82) is 0 Å². The molecule has 0 aliphatic carbocycles. The Morgan fingerprint density at radius 1 is 1.23 bits per heavy atom. The minimum atomic E-state index is -1.42. The van der Waals surface area contributed by atoms with E-state index in [2.05, 4.69) is 15.3 Å². The minimum Gasteiger partial charge on any atom is -0.489 e. The summed E-state index contributed by atoms with van der Waals surface area (Å²) >= 11 is 0. The van der Waals surface area contributed by atoms with E-state index in [4.69, 9.17) is 18.9 Å². The van der Waals surface area contributed by atoms with Gasteiger partial charge in [0.1, 0.15) is 31.6 Å². The number of nitrogens with zero attached hydrogens (tertiary/aromatic N) is 3. The van der Waals surface area contributed by atoms with E-state index in [9.17, 15) is 18.0 Å². The number of amides is 1. The van der Waals surface area contributed by atoms with Crippen LogP contribution in [-0.4, -0.2) is 78.9 Å². The molecule has 0 radical (unpaired) electrons. The molecular formula is C23H27F3N4O5. The number of anilines is 2. The number of hydrogen-bond acceptors (Lipinski definition) is 8. The van der Waals surface area contributed by atoms with Gasteiger partial charge in [-0.25, -0.2) is 22.9 Å². The van der Waals surface area contributed by atoms with Gasteiger partial charge in [0, 0.05) is 12.8 Å². The van der Waals surface area contributed by atoms with Crippen LogP contribution in [0.5, 0.6) is 11.6 Å². The third-order valence-electron chi connectivity index (χ3n) is 5.93. The molecule has 2 atom stereocenters. The molecule has 0 spiro atoms. The van der Waals surface area contributed by atoms with Gasteiger partial charge in [-0.15, -0.1) is 0 Å². The number of aromatic nitrogens is 2. The maximum absolute atomic E-state index is 14.3. The van der Waals surface area contributed by atoms with Crippen molar-refractivity contribution < 1.29 is 36.9 Å². The van der Waals surface area contributed by atoms with Crippen LogP contribution in [0.25, 0.3) is 0 Å². The Bertz CT molecular complexity index is 1030. The van der Waals surface area contributed by atoms with Crippen molar-refractivity contribution in [2.75, 3.05) is 39.0 Å². The first-order valence-corrected chi connectivity index (χ1v) is 11.2. The number of morpholine rings is 1. The molecule has 3 heterocycles.